The molecule has 26 heavy (non-hydrogen) atoms. The minimum atomic E-state index is -0.0767. The van der Waals surface area contributed by atoms with Crippen molar-refractivity contribution in [3.8, 4) is 11.5 Å². The molecule has 0 unspecified atom stereocenters. The Morgan fingerprint density at radius 1 is 1.08 bits per heavy atom. The van der Waals surface area contributed by atoms with Gasteiger partial charge < -0.3 is 18.9 Å². The molecule has 0 saturated carbocycles. The number of amides is 1. The molecule has 0 atom stereocenters. The van der Waals surface area contributed by atoms with E-state index >= 15 is 0 Å². The number of methoxy groups -OCH3 is 1. The minimum Gasteiger partial charge on any atom is -0.497 e. The van der Waals surface area contributed by atoms with Gasteiger partial charge in [0.15, 0.2) is 0 Å². The van der Waals surface area contributed by atoms with E-state index in [-0.39, 0.29) is 17.6 Å². The number of nitrogens with zero attached hydrogens (tertiary/aromatic N) is 2. The van der Waals surface area contributed by atoms with Crippen molar-refractivity contribution in [2.24, 2.45) is 7.05 Å². The maximum absolute atomic E-state index is 12.6. The molecule has 6 nitrogen and oxygen atoms in total. The maximum atomic E-state index is 12.6. The number of piperidine rings is 1. The highest BCUT2D eigenvalue weighted by atomic mass is 16.5. The summed E-state index contributed by atoms with van der Waals surface area (Å²) < 4.78 is 12.7. The Bertz CT molecular complexity index is 834. The van der Waals surface area contributed by atoms with Crippen molar-refractivity contribution in [1.82, 2.24) is 9.47 Å². The van der Waals surface area contributed by atoms with E-state index in [1.165, 1.54) is 6.07 Å². The van der Waals surface area contributed by atoms with Gasteiger partial charge in [0.1, 0.15) is 17.6 Å². The number of hydrogen-bond donors (Lipinski definition) is 0. The van der Waals surface area contributed by atoms with Crippen molar-refractivity contribution in [2.45, 2.75) is 25.9 Å². The third-order valence-corrected chi connectivity index (χ3v) is 4.85. The smallest absolute Gasteiger partial charge is 0.254 e. The average Bonchev–Trinajstić information content (AvgIpc) is 2.66. The van der Waals surface area contributed by atoms with Gasteiger partial charge in [-0.15, -0.1) is 0 Å². The number of aromatic nitrogens is 1. The summed E-state index contributed by atoms with van der Waals surface area (Å²) in [6, 6.07) is 10.5. The zero-order valence-corrected chi connectivity index (χ0v) is 15.4. The van der Waals surface area contributed by atoms with E-state index in [1.807, 2.05) is 17.9 Å². The second-order valence-corrected chi connectivity index (χ2v) is 6.57. The van der Waals surface area contributed by atoms with Crippen LogP contribution in [0, 0.1) is 6.92 Å². The summed E-state index contributed by atoms with van der Waals surface area (Å²) in [6.07, 6.45) is 1.51. The van der Waals surface area contributed by atoms with Gasteiger partial charge in [-0.25, -0.2) is 0 Å². The van der Waals surface area contributed by atoms with E-state index in [0.29, 0.717) is 24.4 Å². The van der Waals surface area contributed by atoms with Crippen LogP contribution in [-0.2, 0) is 7.05 Å². The third kappa shape index (κ3) is 3.90. The molecule has 1 aliphatic rings. The molecular formula is C20H24N2O4. The van der Waals surface area contributed by atoms with Crippen molar-refractivity contribution in [2.75, 3.05) is 20.2 Å². The largest absolute Gasteiger partial charge is 0.497 e. The van der Waals surface area contributed by atoms with Crippen LogP contribution in [0.15, 0.2) is 41.2 Å². The van der Waals surface area contributed by atoms with Gasteiger partial charge in [-0.05, 0) is 37.3 Å². The van der Waals surface area contributed by atoms with Gasteiger partial charge in [0.05, 0.1) is 7.11 Å². The second-order valence-electron chi connectivity index (χ2n) is 6.57. The lowest BCUT2D eigenvalue weighted by Gasteiger charge is -2.32. The number of carbonyl (C=O) groups excluding carboxylic acids is 1. The molecule has 1 saturated heterocycles. The molecular weight excluding hydrogens is 332 g/mol. The van der Waals surface area contributed by atoms with Gasteiger partial charge in [0.2, 0.25) is 0 Å². The minimum absolute atomic E-state index is 0.0152. The number of pyridine rings is 1. The van der Waals surface area contributed by atoms with Gasteiger partial charge in [0.25, 0.3) is 11.5 Å². The van der Waals surface area contributed by atoms with E-state index in [0.717, 1.165) is 24.3 Å². The quantitative estimate of drug-likeness (QED) is 0.844. The Labute approximate surface area is 153 Å². The monoisotopic (exact) mass is 356 g/mol. The van der Waals surface area contributed by atoms with Crippen molar-refractivity contribution < 1.29 is 14.3 Å². The predicted molar refractivity (Wildman–Crippen MR) is 99.0 cm³/mol. The maximum Gasteiger partial charge on any atom is 0.254 e. The standard InChI is InChI=1S/C20H24N2O4/c1-14-12-18(13-19(23)21(14)2)26-17-8-10-22(11-9-17)20(24)15-4-6-16(25-3)7-5-15/h4-7,12-13,17H,8-11H2,1-3H3. The van der Waals surface area contributed by atoms with Gasteiger partial charge >= 0.3 is 0 Å². The first-order valence-corrected chi connectivity index (χ1v) is 8.75. The molecule has 1 aromatic heterocycles. The number of aryl methyl sites for hydroxylation is 1. The van der Waals surface area contributed by atoms with Crippen molar-refractivity contribution in [3.05, 3.63) is 58.0 Å². The Morgan fingerprint density at radius 2 is 1.73 bits per heavy atom. The summed E-state index contributed by atoms with van der Waals surface area (Å²) >= 11 is 0. The molecule has 0 spiro atoms. The number of ether oxygens (including phenoxy) is 2. The third-order valence-electron chi connectivity index (χ3n) is 4.85. The van der Waals surface area contributed by atoms with E-state index in [4.69, 9.17) is 9.47 Å². The molecule has 6 heteroatoms. The van der Waals surface area contributed by atoms with Crippen LogP contribution in [0.2, 0.25) is 0 Å². The Morgan fingerprint density at radius 3 is 2.31 bits per heavy atom. The highest BCUT2D eigenvalue weighted by molar-refractivity contribution is 5.94. The Hall–Kier alpha value is -2.76. The average molecular weight is 356 g/mol. The topological polar surface area (TPSA) is 60.8 Å². The number of carbonyl (C=O) groups is 1. The fourth-order valence-electron chi connectivity index (χ4n) is 3.09. The first-order chi connectivity index (χ1) is 12.5. The summed E-state index contributed by atoms with van der Waals surface area (Å²) in [6.45, 7) is 3.16. The van der Waals surface area contributed by atoms with Crippen molar-refractivity contribution in [1.29, 1.82) is 0 Å². The van der Waals surface area contributed by atoms with Crippen LogP contribution >= 0.6 is 0 Å². The molecule has 2 aromatic rings. The molecule has 0 aliphatic carbocycles. The van der Waals surface area contributed by atoms with Gasteiger partial charge in [0, 0.05) is 50.3 Å². The van der Waals surface area contributed by atoms with Gasteiger partial charge in [-0.2, -0.15) is 0 Å². The lowest BCUT2D eigenvalue weighted by Crippen LogP contribution is -2.41. The van der Waals surface area contributed by atoms with E-state index in [2.05, 4.69) is 0 Å². The lowest BCUT2D eigenvalue weighted by molar-refractivity contribution is 0.0595. The normalized spacial score (nSPS) is 15.0. The summed E-state index contributed by atoms with van der Waals surface area (Å²) in [5.41, 5.74) is 1.44. The molecule has 1 aromatic carbocycles. The zero-order chi connectivity index (χ0) is 18.7. The summed E-state index contributed by atoms with van der Waals surface area (Å²) in [7, 11) is 3.34. The SMILES string of the molecule is COc1ccc(C(=O)N2CCC(Oc3cc(C)n(C)c(=O)c3)CC2)cc1. The first-order valence-electron chi connectivity index (χ1n) is 8.75. The van der Waals surface area contributed by atoms with Crippen LogP contribution in [0.1, 0.15) is 28.9 Å². The van der Waals surface area contributed by atoms with E-state index in [1.54, 1.807) is 43.0 Å². The number of rotatable bonds is 4. The number of likely N-dealkylation sites (tertiary alicyclic amines) is 1. The highest BCUT2D eigenvalue weighted by Crippen LogP contribution is 2.21. The molecule has 0 N–H and O–H groups in total. The van der Waals surface area contributed by atoms with Crippen LogP contribution < -0.4 is 15.0 Å². The van der Waals surface area contributed by atoms with Crippen LogP contribution in [0.3, 0.4) is 0 Å². The van der Waals surface area contributed by atoms with Gasteiger partial charge in [-0.3, -0.25) is 9.59 Å². The highest BCUT2D eigenvalue weighted by Gasteiger charge is 2.25. The second kappa shape index (κ2) is 7.64. The van der Waals surface area contributed by atoms with E-state index in [9.17, 15) is 9.59 Å². The molecule has 1 aliphatic heterocycles. The molecule has 0 radical (unpaired) electrons. The fourth-order valence-corrected chi connectivity index (χ4v) is 3.09. The summed E-state index contributed by atoms with van der Waals surface area (Å²) in [5.74, 6) is 1.36. The molecule has 2 heterocycles. The molecule has 1 fully saturated rings. The summed E-state index contributed by atoms with van der Waals surface area (Å²) in [5, 5.41) is 0. The Balaban J connectivity index is 1.58. The number of hydrogen-bond acceptors (Lipinski definition) is 4. The predicted octanol–water partition coefficient (Wildman–Crippen LogP) is 2.39. The van der Waals surface area contributed by atoms with E-state index < -0.39 is 0 Å². The fraction of sp³-hybridized carbons (Fsp3) is 0.400. The summed E-state index contributed by atoms with van der Waals surface area (Å²) in [4.78, 5) is 26.3. The molecule has 3 rings (SSSR count). The van der Waals surface area contributed by atoms with Crippen molar-refractivity contribution >= 4 is 5.91 Å². The number of benzene rings is 1. The van der Waals surface area contributed by atoms with Crippen LogP contribution in [0.4, 0.5) is 0 Å². The van der Waals surface area contributed by atoms with Crippen LogP contribution in [0.5, 0.6) is 11.5 Å². The van der Waals surface area contributed by atoms with Gasteiger partial charge in [-0.1, -0.05) is 0 Å². The lowest BCUT2D eigenvalue weighted by atomic mass is 10.1. The van der Waals surface area contributed by atoms with Crippen LogP contribution in [-0.4, -0.2) is 41.7 Å². The Kier molecular flexibility index (Phi) is 5.30. The zero-order valence-electron chi connectivity index (χ0n) is 15.4. The molecule has 0 bridgehead atoms. The van der Waals surface area contributed by atoms with Crippen molar-refractivity contribution in [3.63, 3.8) is 0 Å². The molecule has 138 valence electrons. The first kappa shape index (κ1) is 18.0. The van der Waals surface area contributed by atoms with Crippen LogP contribution in [0.25, 0.3) is 0 Å². The molecule has 1 amide bonds.